The van der Waals surface area contributed by atoms with Gasteiger partial charge in [0.15, 0.2) is 0 Å². The van der Waals surface area contributed by atoms with E-state index in [1.54, 1.807) is 0 Å². The minimum atomic E-state index is 0.00445. The van der Waals surface area contributed by atoms with Gasteiger partial charge in [0, 0.05) is 35.4 Å². The lowest BCUT2D eigenvalue weighted by atomic mass is 10.0. The number of urea groups is 1. The molecule has 0 aromatic heterocycles. The molecule has 4 nitrogen and oxygen atoms in total. The van der Waals surface area contributed by atoms with E-state index >= 15 is 0 Å². The van der Waals surface area contributed by atoms with Gasteiger partial charge < -0.3 is 15.1 Å². The summed E-state index contributed by atoms with van der Waals surface area (Å²) in [6, 6.07) is 16.3. The fourth-order valence-electron chi connectivity index (χ4n) is 4.53. The molecule has 0 atom stereocenters. The van der Waals surface area contributed by atoms with E-state index in [-0.39, 0.29) is 6.03 Å². The van der Waals surface area contributed by atoms with Gasteiger partial charge in [0.05, 0.1) is 0 Å². The zero-order chi connectivity index (χ0) is 20.1. The van der Waals surface area contributed by atoms with Gasteiger partial charge in [0.1, 0.15) is 0 Å². The SMILES string of the molecule is O=C(Nc1ccc(-c2ccccc2Cl)cc1)N1CCC(N2CCCCCC2)CC1. The van der Waals surface area contributed by atoms with Crippen molar-refractivity contribution in [3.63, 3.8) is 0 Å². The lowest BCUT2D eigenvalue weighted by molar-refractivity contribution is 0.124. The van der Waals surface area contributed by atoms with Crippen LogP contribution in [-0.2, 0) is 0 Å². The van der Waals surface area contributed by atoms with Crippen molar-refractivity contribution < 1.29 is 4.79 Å². The van der Waals surface area contributed by atoms with Crippen molar-refractivity contribution in [3.8, 4) is 11.1 Å². The van der Waals surface area contributed by atoms with Gasteiger partial charge in [-0.3, -0.25) is 0 Å². The Labute approximate surface area is 178 Å². The molecule has 2 fully saturated rings. The number of anilines is 1. The smallest absolute Gasteiger partial charge is 0.321 e. The second kappa shape index (κ2) is 9.64. The molecule has 2 aromatic rings. The number of hydrogen-bond acceptors (Lipinski definition) is 2. The van der Waals surface area contributed by atoms with Crippen molar-refractivity contribution >= 4 is 23.3 Å². The van der Waals surface area contributed by atoms with Crippen LogP contribution in [0.5, 0.6) is 0 Å². The first-order valence-corrected chi connectivity index (χ1v) is 11.2. The zero-order valence-corrected chi connectivity index (χ0v) is 17.7. The maximum atomic E-state index is 12.7. The summed E-state index contributed by atoms with van der Waals surface area (Å²) in [5.41, 5.74) is 2.87. The molecule has 0 aliphatic carbocycles. The topological polar surface area (TPSA) is 35.6 Å². The highest BCUT2D eigenvalue weighted by Gasteiger charge is 2.27. The first-order chi connectivity index (χ1) is 14.2. The lowest BCUT2D eigenvalue weighted by Gasteiger charge is -2.38. The second-order valence-electron chi connectivity index (χ2n) is 8.16. The quantitative estimate of drug-likeness (QED) is 0.684. The summed E-state index contributed by atoms with van der Waals surface area (Å²) in [6.45, 7) is 4.14. The molecule has 0 unspecified atom stereocenters. The number of rotatable bonds is 3. The Hall–Kier alpha value is -2.04. The van der Waals surface area contributed by atoms with Crippen LogP contribution in [0.25, 0.3) is 11.1 Å². The summed E-state index contributed by atoms with van der Waals surface area (Å²) < 4.78 is 0. The van der Waals surface area contributed by atoms with E-state index in [1.807, 2.05) is 53.4 Å². The fourth-order valence-corrected chi connectivity index (χ4v) is 4.77. The van der Waals surface area contributed by atoms with Crippen molar-refractivity contribution in [1.29, 1.82) is 0 Å². The molecule has 2 heterocycles. The van der Waals surface area contributed by atoms with Crippen LogP contribution < -0.4 is 5.32 Å². The molecule has 0 saturated carbocycles. The number of likely N-dealkylation sites (tertiary alicyclic amines) is 2. The average molecular weight is 412 g/mol. The van der Waals surface area contributed by atoms with E-state index in [0.29, 0.717) is 6.04 Å². The third-order valence-corrected chi connectivity index (χ3v) is 6.56. The molecule has 5 heteroatoms. The van der Waals surface area contributed by atoms with Crippen LogP contribution in [0.3, 0.4) is 0 Å². The number of amides is 2. The van der Waals surface area contributed by atoms with E-state index in [2.05, 4.69) is 10.2 Å². The average Bonchev–Trinajstić information content (AvgIpc) is 3.04. The Morgan fingerprint density at radius 2 is 1.52 bits per heavy atom. The summed E-state index contributed by atoms with van der Waals surface area (Å²) >= 11 is 6.28. The van der Waals surface area contributed by atoms with Crippen LogP contribution in [0.2, 0.25) is 5.02 Å². The summed E-state index contributed by atoms with van der Waals surface area (Å²) in [6.07, 6.45) is 7.55. The monoisotopic (exact) mass is 411 g/mol. The van der Waals surface area contributed by atoms with E-state index in [4.69, 9.17) is 11.6 Å². The van der Waals surface area contributed by atoms with Crippen LogP contribution in [0, 0.1) is 0 Å². The molecule has 2 amide bonds. The summed E-state index contributed by atoms with van der Waals surface area (Å²) in [5, 5.41) is 3.78. The predicted molar refractivity (Wildman–Crippen MR) is 121 cm³/mol. The van der Waals surface area contributed by atoms with Crippen LogP contribution in [-0.4, -0.2) is 48.1 Å². The van der Waals surface area contributed by atoms with Gasteiger partial charge in [-0.25, -0.2) is 4.79 Å². The first-order valence-electron chi connectivity index (χ1n) is 10.9. The van der Waals surface area contributed by atoms with Gasteiger partial charge >= 0.3 is 6.03 Å². The molecule has 0 radical (unpaired) electrons. The van der Waals surface area contributed by atoms with Crippen LogP contribution >= 0.6 is 11.6 Å². The van der Waals surface area contributed by atoms with Crippen molar-refractivity contribution in [2.75, 3.05) is 31.5 Å². The minimum Gasteiger partial charge on any atom is -0.324 e. The summed E-state index contributed by atoms with van der Waals surface area (Å²) in [7, 11) is 0. The third kappa shape index (κ3) is 5.12. The van der Waals surface area contributed by atoms with E-state index in [0.717, 1.165) is 47.8 Å². The standard InChI is InChI=1S/C24H30ClN3O/c25-23-8-4-3-7-22(23)19-9-11-20(12-10-19)26-24(29)28-17-13-21(14-18-28)27-15-5-1-2-6-16-27/h3-4,7-12,21H,1-2,5-6,13-18H2,(H,26,29). The van der Waals surface area contributed by atoms with Gasteiger partial charge in [0.25, 0.3) is 0 Å². The maximum Gasteiger partial charge on any atom is 0.321 e. The maximum absolute atomic E-state index is 12.7. The van der Waals surface area contributed by atoms with Crippen molar-refractivity contribution in [3.05, 3.63) is 53.6 Å². The molecule has 0 spiro atoms. The molecular formula is C24H30ClN3O. The highest BCUT2D eigenvalue weighted by atomic mass is 35.5. The number of carbonyl (C=O) groups is 1. The fraction of sp³-hybridized carbons (Fsp3) is 0.458. The molecule has 154 valence electrons. The Bertz CT molecular complexity index is 807. The number of carbonyl (C=O) groups excluding carboxylic acids is 1. The zero-order valence-electron chi connectivity index (χ0n) is 16.9. The number of nitrogens with one attached hydrogen (secondary N) is 1. The van der Waals surface area contributed by atoms with Crippen molar-refractivity contribution in [2.24, 2.45) is 0 Å². The van der Waals surface area contributed by atoms with Crippen molar-refractivity contribution in [1.82, 2.24) is 9.80 Å². The third-order valence-electron chi connectivity index (χ3n) is 6.23. The Morgan fingerprint density at radius 1 is 0.862 bits per heavy atom. The number of nitrogens with zero attached hydrogens (tertiary/aromatic N) is 2. The predicted octanol–water partition coefficient (Wildman–Crippen LogP) is 5.88. The van der Waals surface area contributed by atoms with Gasteiger partial charge in [0.2, 0.25) is 0 Å². The van der Waals surface area contributed by atoms with Gasteiger partial charge in [-0.05, 0) is 62.5 Å². The molecule has 2 saturated heterocycles. The molecule has 29 heavy (non-hydrogen) atoms. The van der Waals surface area contributed by atoms with Crippen molar-refractivity contribution in [2.45, 2.75) is 44.6 Å². The first kappa shape index (κ1) is 20.2. The van der Waals surface area contributed by atoms with E-state index < -0.39 is 0 Å². The number of piperidine rings is 1. The second-order valence-corrected chi connectivity index (χ2v) is 8.56. The van der Waals surface area contributed by atoms with Gasteiger partial charge in [-0.1, -0.05) is 54.8 Å². The van der Waals surface area contributed by atoms with E-state index in [1.165, 1.54) is 38.8 Å². The number of halogens is 1. The molecule has 0 bridgehead atoms. The highest BCUT2D eigenvalue weighted by molar-refractivity contribution is 6.33. The molecule has 2 aliphatic rings. The molecule has 1 N–H and O–H groups in total. The molecule has 2 aliphatic heterocycles. The normalized spacial score (nSPS) is 19.0. The number of benzene rings is 2. The largest absolute Gasteiger partial charge is 0.324 e. The van der Waals surface area contributed by atoms with Gasteiger partial charge in [-0.15, -0.1) is 0 Å². The minimum absolute atomic E-state index is 0.00445. The number of hydrogen-bond donors (Lipinski definition) is 1. The Morgan fingerprint density at radius 3 is 2.17 bits per heavy atom. The molecule has 2 aromatic carbocycles. The van der Waals surface area contributed by atoms with E-state index in [9.17, 15) is 4.79 Å². The van der Waals surface area contributed by atoms with Crippen LogP contribution in [0.15, 0.2) is 48.5 Å². The van der Waals surface area contributed by atoms with Crippen LogP contribution in [0.4, 0.5) is 10.5 Å². The van der Waals surface area contributed by atoms with Crippen LogP contribution in [0.1, 0.15) is 38.5 Å². The molecular weight excluding hydrogens is 382 g/mol. The summed E-state index contributed by atoms with van der Waals surface area (Å²) in [4.78, 5) is 17.3. The Balaban J connectivity index is 1.30. The highest BCUT2D eigenvalue weighted by Crippen LogP contribution is 2.28. The Kier molecular flexibility index (Phi) is 6.73. The van der Waals surface area contributed by atoms with Gasteiger partial charge in [-0.2, -0.15) is 0 Å². The summed E-state index contributed by atoms with van der Waals surface area (Å²) in [5.74, 6) is 0. The molecule has 4 rings (SSSR count). The lowest BCUT2D eigenvalue weighted by Crippen LogP contribution is -2.48.